The Morgan fingerprint density at radius 3 is 2.63 bits per heavy atom. The van der Waals surface area contributed by atoms with Crippen molar-refractivity contribution in [1.82, 2.24) is 15.4 Å². The Balaban J connectivity index is 1.21. The smallest absolute Gasteiger partial charge is 0.257 e. The van der Waals surface area contributed by atoms with Crippen LogP contribution >= 0.6 is 0 Å². The van der Waals surface area contributed by atoms with Crippen LogP contribution in [-0.2, 0) is 0 Å². The van der Waals surface area contributed by atoms with E-state index in [1.165, 1.54) is 24.1 Å². The molecule has 2 heterocycles. The number of rotatable bonds is 10. The number of nitrogens with zero attached hydrogens (tertiary/aromatic N) is 2. The van der Waals surface area contributed by atoms with Crippen molar-refractivity contribution in [3.8, 4) is 11.3 Å². The first-order valence-electron chi connectivity index (χ1n) is 12.9. The minimum absolute atomic E-state index is 0.118. The van der Waals surface area contributed by atoms with Crippen LogP contribution in [0.25, 0.3) is 11.3 Å². The SMILES string of the molecule is Cc1onc(-c2ccccc2)c1C(=O)NCCCN1CCC(c2cccc(NCC(C)C)c2)CC1. The number of carbonyl (C=O) groups excluding carboxylic acids is 1. The van der Waals surface area contributed by atoms with Gasteiger partial charge in [0.25, 0.3) is 5.91 Å². The van der Waals surface area contributed by atoms with Gasteiger partial charge in [-0.1, -0.05) is 61.5 Å². The lowest BCUT2D eigenvalue weighted by molar-refractivity contribution is 0.0950. The van der Waals surface area contributed by atoms with Crippen LogP contribution in [0.5, 0.6) is 0 Å². The normalized spacial score (nSPS) is 14.9. The van der Waals surface area contributed by atoms with Crippen molar-refractivity contribution in [3.05, 3.63) is 71.5 Å². The van der Waals surface area contributed by atoms with E-state index in [1.807, 2.05) is 30.3 Å². The summed E-state index contributed by atoms with van der Waals surface area (Å²) in [6, 6.07) is 18.6. The fourth-order valence-corrected chi connectivity index (χ4v) is 4.74. The number of carbonyl (C=O) groups is 1. The standard InChI is InChI=1S/C29H38N4O2/c1-21(2)20-31-26-12-7-11-25(19-26)23-13-17-33(18-14-23)16-8-15-30-29(34)27-22(3)35-32-28(27)24-9-5-4-6-10-24/h4-7,9-12,19,21,23,31H,8,13-18,20H2,1-3H3,(H,30,34). The van der Waals surface area contributed by atoms with E-state index >= 15 is 0 Å². The summed E-state index contributed by atoms with van der Waals surface area (Å²) in [7, 11) is 0. The van der Waals surface area contributed by atoms with Crippen LogP contribution < -0.4 is 10.6 Å². The minimum Gasteiger partial charge on any atom is -0.385 e. The van der Waals surface area contributed by atoms with Gasteiger partial charge in [0, 0.05) is 24.3 Å². The first-order chi connectivity index (χ1) is 17.0. The number of aryl methyl sites for hydroxylation is 1. The molecule has 0 unspecified atom stereocenters. The first kappa shape index (κ1) is 25.0. The van der Waals surface area contributed by atoms with Gasteiger partial charge in [-0.15, -0.1) is 0 Å². The molecule has 2 aromatic carbocycles. The van der Waals surface area contributed by atoms with Gasteiger partial charge in [0.05, 0.1) is 0 Å². The minimum atomic E-state index is -0.118. The van der Waals surface area contributed by atoms with Crippen LogP contribution in [0.2, 0.25) is 0 Å². The molecule has 6 nitrogen and oxygen atoms in total. The van der Waals surface area contributed by atoms with Crippen molar-refractivity contribution >= 4 is 11.6 Å². The van der Waals surface area contributed by atoms with E-state index in [4.69, 9.17) is 4.52 Å². The number of piperidine rings is 1. The van der Waals surface area contributed by atoms with Crippen LogP contribution in [0.1, 0.15) is 60.7 Å². The quantitative estimate of drug-likeness (QED) is 0.368. The van der Waals surface area contributed by atoms with Crippen molar-refractivity contribution < 1.29 is 9.32 Å². The van der Waals surface area contributed by atoms with Gasteiger partial charge in [-0.05, 0) is 75.4 Å². The molecule has 6 heteroatoms. The average molecular weight is 475 g/mol. The highest BCUT2D eigenvalue weighted by Gasteiger charge is 2.22. The molecule has 0 saturated carbocycles. The van der Waals surface area contributed by atoms with Crippen molar-refractivity contribution in [2.24, 2.45) is 5.92 Å². The third-order valence-electron chi connectivity index (χ3n) is 6.73. The lowest BCUT2D eigenvalue weighted by atomic mass is 9.89. The van der Waals surface area contributed by atoms with Crippen LogP contribution in [0.4, 0.5) is 5.69 Å². The van der Waals surface area contributed by atoms with Crippen LogP contribution in [-0.4, -0.2) is 48.7 Å². The van der Waals surface area contributed by atoms with E-state index in [-0.39, 0.29) is 5.91 Å². The predicted molar refractivity (Wildman–Crippen MR) is 142 cm³/mol. The zero-order valence-electron chi connectivity index (χ0n) is 21.2. The third kappa shape index (κ3) is 6.73. The summed E-state index contributed by atoms with van der Waals surface area (Å²) in [5.74, 6) is 1.69. The molecule has 1 aliphatic heterocycles. The maximum atomic E-state index is 12.9. The molecule has 0 spiro atoms. The maximum absolute atomic E-state index is 12.9. The Kier molecular flexibility index (Phi) is 8.59. The van der Waals surface area contributed by atoms with Gasteiger partial charge in [-0.3, -0.25) is 4.79 Å². The number of likely N-dealkylation sites (tertiary alicyclic amines) is 1. The highest BCUT2D eigenvalue weighted by molar-refractivity contribution is 6.00. The molecule has 3 aromatic rings. The Morgan fingerprint density at radius 2 is 1.89 bits per heavy atom. The summed E-state index contributed by atoms with van der Waals surface area (Å²) in [4.78, 5) is 15.4. The number of amides is 1. The highest BCUT2D eigenvalue weighted by Crippen LogP contribution is 2.30. The average Bonchev–Trinajstić information content (AvgIpc) is 3.28. The van der Waals surface area contributed by atoms with E-state index < -0.39 is 0 Å². The van der Waals surface area contributed by atoms with Crippen molar-refractivity contribution in [2.45, 2.75) is 46.0 Å². The second-order valence-corrected chi connectivity index (χ2v) is 9.95. The van der Waals surface area contributed by atoms with Gasteiger partial charge < -0.3 is 20.1 Å². The summed E-state index contributed by atoms with van der Waals surface area (Å²) in [5.41, 5.74) is 4.70. The third-order valence-corrected chi connectivity index (χ3v) is 6.73. The molecule has 0 atom stereocenters. The molecule has 1 fully saturated rings. The van der Waals surface area contributed by atoms with Gasteiger partial charge in [0.15, 0.2) is 0 Å². The lowest BCUT2D eigenvalue weighted by Gasteiger charge is -2.32. The van der Waals surface area contributed by atoms with E-state index in [9.17, 15) is 4.79 Å². The molecule has 1 amide bonds. The molecule has 0 aliphatic carbocycles. The predicted octanol–water partition coefficient (Wildman–Crippen LogP) is 5.72. The van der Waals surface area contributed by atoms with Crippen LogP contribution in [0.3, 0.4) is 0 Å². The van der Waals surface area contributed by atoms with E-state index in [1.54, 1.807) is 6.92 Å². The summed E-state index contributed by atoms with van der Waals surface area (Å²) in [6.45, 7) is 11.1. The topological polar surface area (TPSA) is 70.4 Å². The molecule has 2 N–H and O–H groups in total. The molecule has 1 aromatic heterocycles. The van der Waals surface area contributed by atoms with Gasteiger partial charge >= 0.3 is 0 Å². The molecular weight excluding hydrogens is 436 g/mol. The molecule has 0 bridgehead atoms. The van der Waals surface area contributed by atoms with E-state index in [2.05, 4.69) is 58.8 Å². The number of benzene rings is 2. The van der Waals surface area contributed by atoms with Crippen molar-refractivity contribution in [1.29, 1.82) is 0 Å². The van der Waals surface area contributed by atoms with Crippen molar-refractivity contribution in [2.75, 3.05) is 38.0 Å². The monoisotopic (exact) mass is 474 g/mol. The van der Waals surface area contributed by atoms with E-state index in [0.29, 0.717) is 35.4 Å². The zero-order valence-corrected chi connectivity index (χ0v) is 21.2. The maximum Gasteiger partial charge on any atom is 0.257 e. The summed E-state index contributed by atoms with van der Waals surface area (Å²) in [5, 5.41) is 10.7. The molecule has 35 heavy (non-hydrogen) atoms. The van der Waals surface area contributed by atoms with E-state index in [0.717, 1.165) is 38.2 Å². The lowest BCUT2D eigenvalue weighted by Crippen LogP contribution is -2.35. The molecule has 1 aliphatic rings. The fraction of sp³-hybridized carbons (Fsp3) is 0.448. The molecule has 4 rings (SSSR count). The number of anilines is 1. The molecule has 0 radical (unpaired) electrons. The van der Waals surface area contributed by atoms with Crippen molar-refractivity contribution in [3.63, 3.8) is 0 Å². The Labute approximate surface area is 209 Å². The summed E-state index contributed by atoms with van der Waals surface area (Å²) < 4.78 is 5.33. The van der Waals surface area contributed by atoms with Gasteiger partial charge in [-0.25, -0.2) is 0 Å². The number of hydrogen-bond acceptors (Lipinski definition) is 5. The number of nitrogens with one attached hydrogen (secondary N) is 2. The molecule has 186 valence electrons. The Morgan fingerprint density at radius 1 is 1.11 bits per heavy atom. The second-order valence-electron chi connectivity index (χ2n) is 9.95. The fourth-order valence-electron chi connectivity index (χ4n) is 4.74. The van der Waals surface area contributed by atoms with Gasteiger partial charge in [0.1, 0.15) is 17.0 Å². The van der Waals surface area contributed by atoms with Gasteiger partial charge in [-0.2, -0.15) is 0 Å². The summed E-state index contributed by atoms with van der Waals surface area (Å²) >= 11 is 0. The number of hydrogen-bond donors (Lipinski definition) is 2. The Hall–Kier alpha value is -3.12. The van der Waals surface area contributed by atoms with Gasteiger partial charge in [0.2, 0.25) is 0 Å². The van der Waals surface area contributed by atoms with Crippen LogP contribution in [0.15, 0.2) is 59.1 Å². The summed E-state index contributed by atoms with van der Waals surface area (Å²) in [6.07, 6.45) is 3.29. The largest absolute Gasteiger partial charge is 0.385 e. The van der Waals surface area contributed by atoms with Crippen LogP contribution in [0, 0.1) is 12.8 Å². The molecular formula is C29H38N4O2. The zero-order chi connectivity index (χ0) is 24.6. The first-order valence-corrected chi connectivity index (χ1v) is 12.9. The second kappa shape index (κ2) is 12.0. The highest BCUT2D eigenvalue weighted by atomic mass is 16.5. The Bertz CT molecular complexity index is 1090. The number of aromatic nitrogens is 1. The molecule has 1 saturated heterocycles.